The van der Waals surface area contributed by atoms with Gasteiger partial charge in [0, 0.05) is 32.5 Å². The topological polar surface area (TPSA) is 138 Å². The molecule has 0 bridgehead atoms. The van der Waals surface area contributed by atoms with E-state index in [1.165, 1.54) is 0 Å². The number of rotatable bonds is 8. The molecule has 0 saturated heterocycles. The summed E-state index contributed by atoms with van der Waals surface area (Å²) >= 11 is 0. The van der Waals surface area contributed by atoms with Gasteiger partial charge in [0.2, 0.25) is 6.35 Å². The van der Waals surface area contributed by atoms with Crippen LogP contribution in [0, 0.1) is 6.92 Å². The number of nitrogens with zero attached hydrogens (tertiary/aromatic N) is 4. The van der Waals surface area contributed by atoms with Crippen molar-refractivity contribution < 1.29 is 24.3 Å². The first-order valence-corrected chi connectivity index (χ1v) is 11.7. The Morgan fingerprint density at radius 2 is 1.90 bits per heavy atom. The summed E-state index contributed by atoms with van der Waals surface area (Å²) in [4.78, 5) is 42.9. The maximum absolute atomic E-state index is 12.4. The molecule has 0 aliphatic carbocycles. The number of aryl methyl sites for hydroxylation is 1. The maximum Gasteiger partial charge on any atom is 0.325 e. The largest absolute Gasteiger partial charge is 0.377 e. The van der Waals surface area contributed by atoms with E-state index in [0.29, 0.717) is 30.9 Å². The van der Waals surface area contributed by atoms with Gasteiger partial charge in [0.25, 0.3) is 5.91 Å². The van der Waals surface area contributed by atoms with Crippen LogP contribution in [0.4, 0.5) is 17.1 Å². The number of aliphatic hydroxyl groups excluding tert-OH is 1. The number of nitrogens with one attached hydrogen (secondary N) is 1. The number of benzene rings is 1. The SMILES string of the molecule is Cc1cc2c(cc1N(C)C)N(CCCCCCP(=O)(O)O)C1=NC(O)NC(=O)C1=N2. The minimum absolute atomic E-state index is 0.110. The highest BCUT2D eigenvalue weighted by atomic mass is 31.2. The molecule has 0 fully saturated rings. The molecule has 164 valence electrons. The molecule has 2 aliphatic heterocycles. The zero-order valence-electron chi connectivity index (χ0n) is 17.4. The van der Waals surface area contributed by atoms with Gasteiger partial charge < -0.3 is 30.0 Å². The minimum atomic E-state index is -3.96. The van der Waals surface area contributed by atoms with Crippen LogP contribution in [0.2, 0.25) is 0 Å². The number of hydrogen-bond donors (Lipinski definition) is 4. The van der Waals surface area contributed by atoms with E-state index in [1.807, 2.05) is 43.0 Å². The van der Waals surface area contributed by atoms with Crippen LogP contribution in [-0.4, -0.2) is 65.5 Å². The molecule has 11 heteroatoms. The predicted molar refractivity (Wildman–Crippen MR) is 117 cm³/mol. The molecule has 0 spiro atoms. The number of aliphatic imine (C=N–C) groups is 2. The van der Waals surface area contributed by atoms with Gasteiger partial charge in [0.05, 0.1) is 11.4 Å². The van der Waals surface area contributed by atoms with Crippen molar-refractivity contribution in [2.24, 2.45) is 9.98 Å². The van der Waals surface area contributed by atoms with Gasteiger partial charge in [0.15, 0.2) is 11.5 Å². The Hall–Kier alpha value is -2.26. The maximum atomic E-state index is 12.4. The second-order valence-electron chi connectivity index (χ2n) is 7.74. The van der Waals surface area contributed by atoms with Crippen LogP contribution in [0.1, 0.15) is 31.2 Å². The highest BCUT2D eigenvalue weighted by Crippen LogP contribution is 2.39. The van der Waals surface area contributed by atoms with E-state index in [9.17, 15) is 14.5 Å². The van der Waals surface area contributed by atoms with Gasteiger partial charge >= 0.3 is 7.60 Å². The monoisotopic (exact) mass is 437 g/mol. The number of aliphatic hydroxyl groups is 1. The minimum Gasteiger partial charge on any atom is -0.377 e. The van der Waals surface area contributed by atoms with Gasteiger partial charge in [-0.1, -0.05) is 12.8 Å². The lowest BCUT2D eigenvalue weighted by Crippen LogP contribution is -2.53. The van der Waals surface area contributed by atoms with Gasteiger partial charge in [-0.05, 0) is 37.5 Å². The lowest BCUT2D eigenvalue weighted by molar-refractivity contribution is -0.117. The first kappa shape index (κ1) is 22.4. The fraction of sp³-hybridized carbons (Fsp3) is 0.526. The highest BCUT2D eigenvalue weighted by molar-refractivity contribution is 7.51. The standard InChI is InChI=1S/C19H28N5O5P/c1-12-10-13-15(11-14(12)23(2)3)24(8-6-4-5-7-9-30(27,28)29)17-16(20-13)18(25)22-19(26)21-17/h10-11,19,26H,4-9H2,1-3H3,(H,22,25)(H2,27,28,29). The van der Waals surface area contributed by atoms with Crippen LogP contribution in [0.3, 0.4) is 0 Å². The average molecular weight is 437 g/mol. The molecule has 0 saturated carbocycles. The Bertz CT molecular complexity index is 939. The summed E-state index contributed by atoms with van der Waals surface area (Å²) in [5.74, 6) is -0.137. The second kappa shape index (κ2) is 8.85. The Morgan fingerprint density at radius 3 is 2.57 bits per heavy atom. The summed E-state index contributed by atoms with van der Waals surface area (Å²) in [6, 6.07) is 3.93. The molecular formula is C19H28N5O5P. The van der Waals surface area contributed by atoms with Crippen molar-refractivity contribution in [2.75, 3.05) is 36.6 Å². The number of carbonyl (C=O) groups is 1. The summed E-state index contributed by atoms with van der Waals surface area (Å²) in [5, 5.41) is 12.3. The fourth-order valence-corrected chi connectivity index (χ4v) is 4.29. The zero-order chi connectivity index (χ0) is 22.1. The number of amidine groups is 1. The molecule has 2 heterocycles. The molecule has 1 atom stereocenters. The molecule has 0 radical (unpaired) electrons. The van der Waals surface area contributed by atoms with Crippen LogP contribution in [0.5, 0.6) is 0 Å². The smallest absolute Gasteiger partial charge is 0.325 e. The predicted octanol–water partition coefficient (Wildman–Crippen LogP) is 1.50. The van der Waals surface area contributed by atoms with Crippen molar-refractivity contribution in [1.29, 1.82) is 0 Å². The molecule has 0 aromatic heterocycles. The number of fused-ring (bicyclic) bond motifs is 2. The highest BCUT2D eigenvalue weighted by Gasteiger charge is 2.35. The number of amides is 1. The van der Waals surface area contributed by atoms with Gasteiger partial charge in [-0.2, -0.15) is 0 Å². The summed E-state index contributed by atoms with van der Waals surface area (Å²) in [7, 11) is -0.0570. The molecule has 3 rings (SSSR count). The third-order valence-corrected chi connectivity index (χ3v) is 5.97. The van der Waals surface area contributed by atoms with Crippen LogP contribution in [-0.2, 0) is 9.36 Å². The number of hydrogen-bond acceptors (Lipinski definition) is 7. The molecule has 10 nitrogen and oxygen atoms in total. The van der Waals surface area contributed by atoms with E-state index in [-0.39, 0.29) is 11.9 Å². The average Bonchev–Trinajstić information content (AvgIpc) is 2.62. The summed E-state index contributed by atoms with van der Waals surface area (Å²) < 4.78 is 11.0. The third kappa shape index (κ3) is 5.07. The second-order valence-corrected chi connectivity index (χ2v) is 9.51. The first-order chi connectivity index (χ1) is 14.1. The van der Waals surface area contributed by atoms with Crippen LogP contribution in [0.25, 0.3) is 0 Å². The Balaban J connectivity index is 1.84. The van der Waals surface area contributed by atoms with Crippen molar-refractivity contribution in [3.8, 4) is 0 Å². The normalized spacial score (nSPS) is 18.3. The van der Waals surface area contributed by atoms with Crippen LogP contribution >= 0.6 is 7.60 Å². The van der Waals surface area contributed by atoms with Gasteiger partial charge in [-0.3, -0.25) is 9.36 Å². The quantitative estimate of drug-likeness (QED) is 0.357. The van der Waals surface area contributed by atoms with Crippen molar-refractivity contribution >= 4 is 42.1 Å². The van der Waals surface area contributed by atoms with E-state index in [1.54, 1.807) is 0 Å². The lowest BCUT2D eigenvalue weighted by atomic mass is 10.1. The van der Waals surface area contributed by atoms with Gasteiger partial charge in [-0.15, -0.1) is 0 Å². The van der Waals surface area contributed by atoms with Crippen molar-refractivity contribution in [3.05, 3.63) is 17.7 Å². The summed E-state index contributed by atoms with van der Waals surface area (Å²) in [5.41, 5.74) is 3.69. The molecule has 1 aromatic carbocycles. The van der Waals surface area contributed by atoms with Gasteiger partial charge in [0.1, 0.15) is 0 Å². The lowest BCUT2D eigenvalue weighted by Gasteiger charge is -2.35. The zero-order valence-corrected chi connectivity index (χ0v) is 18.3. The Kier molecular flexibility index (Phi) is 6.62. The van der Waals surface area contributed by atoms with E-state index in [4.69, 9.17) is 9.79 Å². The van der Waals surface area contributed by atoms with E-state index in [0.717, 1.165) is 29.8 Å². The molecule has 1 amide bonds. The number of unbranched alkanes of at least 4 members (excludes halogenated alkanes) is 3. The van der Waals surface area contributed by atoms with E-state index in [2.05, 4.69) is 15.3 Å². The molecule has 2 aliphatic rings. The Labute approximate surface area is 175 Å². The van der Waals surface area contributed by atoms with E-state index < -0.39 is 19.9 Å². The van der Waals surface area contributed by atoms with Gasteiger partial charge in [-0.25, -0.2) is 9.98 Å². The summed E-state index contributed by atoms with van der Waals surface area (Å²) in [6.07, 6.45) is 1.22. The third-order valence-electron chi connectivity index (χ3n) is 5.07. The first-order valence-electron chi connectivity index (χ1n) is 9.86. The molecular weight excluding hydrogens is 409 g/mol. The molecule has 1 unspecified atom stereocenters. The van der Waals surface area contributed by atoms with Crippen LogP contribution in [0.15, 0.2) is 22.1 Å². The van der Waals surface area contributed by atoms with Crippen LogP contribution < -0.4 is 15.1 Å². The molecule has 4 N–H and O–H groups in total. The number of anilines is 2. The van der Waals surface area contributed by atoms with E-state index >= 15 is 0 Å². The fourth-order valence-electron chi connectivity index (χ4n) is 3.65. The Morgan fingerprint density at radius 1 is 1.20 bits per heavy atom. The molecule has 1 aromatic rings. The molecule has 30 heavy (non-hydrogen) atoms. The van der Waals surface area contributed by atoms with Crippen molar-refractivity contribution in [3.63, 3.8) is 0 Å². The van der Waals surface area contributed by atoms with Crippen molar-refractivity contribution in [2.45, 2.75) is 39.0 Å². The van der Waals surface area contributed by atoms with Crippen molar-refractivity contribution in [1.82, 2.24) is 5.32 Å². The summed E-state index contributed by atoms with van der Waals surface area (Å²) in [6.45, 7) is 2.52. The number of carbonyl (C=O) groups excluding carboxylic acids is 1.